The molecule has 0 radical (unpaired) electrons. The predicted molar refractivity (Wildman–Crippen MR) is 89.2 cm³/mol. The van der Waals surface area contributed by atoms with Crippen LogP contribution in [0, 0.1) is 0 Å². The number of benzene rings is 1. The first-order chi connectivity index (χ1) is 9.62. The molecular weight excluding hydrogens is 376 g/mol. The molecule has 1 aliphatic heterocycles. The first kappa shape index (κ1) is 17.2. The first-order valence-electron chi connectivity index (χ1n) is 6.82. The van der Waals surface area contributed by atoms with Gasteiger partial charge in [-0.2, -0.15) is 4.31 Å². The SMILES string of the molecule is CC(C)(C)N1CCN(S(=O)(=O)c2ccc(Br)cc2Cl)CC1. The topological polar surface area (TPSA) is 40.6 Å². The van der Waals surface area contributed by atoms with Crippen LogP contribution in [0.5, 0.6) is 0 Å². The van der Waals surface area contributed by atoms with Gasteiger partial charge < -0.3 is 0 Å². The Balaban J connectivity index is 2.19. The number of nitrogens with zero attached hydrogens (tertiary/aromatic N) is 2. The molecule has 1 aliphatic rings. The van der Waals surface area contributed by atoms with Gasteiger partial charge in [0, 0.05) is 36.2 Å². The van der Waals surface area contributed by atoms with E-state index in [9.17, 15) is 8.42 Å². The van der Waals surface area contributed by atoms with E-state index in [4.69, 9.17) is 11.6 Å². The molecule has 0 atom stereocenters. The Morgan fingerprint density at radius 1 is 1.14 bits per heavy atom. The van der Waals surface area contributed by atoms with Gasteiger partial charge in [-0.3, -0.25) is 4.90 Å². The van der Waals surface area contributed by atoms with Gasteiger partial charge in [-0.05, 0) is 39.0 Å². The van der Waals surface area contributed by atoms with E-state index in [0.29, 0.717) is 13.1 Å². The van der Waals surface area contributed by atoms with E-state index >= 15 is 0 Å². The highest BCUT2D eigenvalue weighted by Crippen LogP contribution is 2.28. The highest BCUT2D eigenvalue weighted by Gasteiger charge is 2.33. The summed E-state index contributed by atoms with van der Waals surface area (Å²) in [6, 6.07) is 4.86. The van der Waals surface area contributed by atoms with Gasteiger partial charge in [-0.1, -0.05) is 27.5 Å². The molecule has 0 aromatic heterocycles. The van der Waals surface area contributed by atoms with Crippen LogP contribution in [0.4, 0.5) is 0 Å². The summed E-state index contributed by atoms with van der Waals surface area (Å²) in [6.45, 7) is 8.87. The summed E-state index contributed by atoms with van der Waals surface area (Å²) in [4.78, 5) is 2.47. The fourth-order valence-corrected chi connectivity index (χ4v) is 4.86. The van der Waals surface area contributed by atoms with E-state index in [1.807, 2.05) is 0 Å². The molecule has 0 saturated carbocycles. The van der Waals surface area contributed by atoms with E-state index in [2.05, 4.69) is 41.6 Å². The van der Waals surface area contributed by atoms with Crippen molar-refractivity contribution in [2.75, 3.05) is 26.2 Å². The average molecular weight is 396 g/mol. The van der Waals surface area contributed by atoms with Crippen molar-refractivity contribution in [3.63, 3.8) is 0 Å². The van der Waals surface area contributed by atoms with Gasteiger partial charge in [0.05, 0.1) is 5.02 Å². The van der Waals surface area contributed by atoms with Crippen molar-refractivity contribution in [2.24, 2.45) is 0 Å². The summed E-state index contributed by atoms with van der Waals surface area (Å²) in [5, 5.41) is 0.252. The molecule has 0 unspecified atom stereocenters. The standard InChI is InChI=1S/C14H20BrClN2O2S/c1-14(2,3)17-6-8-18(9-7-17)21(19,20)13-5-4-11(15)10-12(13)16/h4-5,10H,6-9H2,1-3H3. The van der Waals surface area contributed by atoms with Crippen LogP contribution in [0.1, 0.15) is 20.8 Å². The van der Waals surface area contributed by atoms with Gasteiger partial charge >= 0.3 is 0 Å². The molecule has 1 aromatic rings. The Bertz CT molecular complexity index is 620. The van der Waals surface area contributed by atoms with Crippen LogP contribution in [0.15, 0.2) is 27.6 Å². The summed E-state index contributed by atoms with van der Waals surface area (Å²) in [5.41, 5.74) is 0.0606. The Kier molecular flexibility index (Phi) is 5.05. The van der Waals surface area contributed by atoms with Crippen LogP contribution in [-0.2, 0) is 10.0 Å². The summed E-state index contributed by atoms with van der Waals surface area (Å²) < 4.78 is 27.7. The normalized spacial score (nSPS) is 18.9. The molecular formula is C14H20BrClN2O2S. The Morgan fingerprint density at radius 2 is 1.71 bits per heavy atom. The van der Waals surface area contributed by atoms with Gasteiger partial charge in [0.2, 0.25) is 10.0 Å². The van der Waals surface area contributed by atoms with Crippen molar-refractivity contribution in [2.45, 2.75) is 31.2 Å². The van der Waals surface area contributed by atoms with Gasteiger partial charge in [0.25, 0.3) is 0 Å². The minimum absolute atomic E-state index is 0.0606. The van der Waals surface area contributed by atoms with Crippen molar-refractivity contribution in [1.82, 2.24) is 9.21 Å². The van der Waals surface area contributed by atoms with E-state index < -0.39 is 10.0 Å². The van der Waals surface area contributed by atoms with Crippen molar-refractivity contribution in [3.05, 3.63) is 27.7 Å². The van der Waals surface area contributed by atoms with Gasteiger partial charge in [0.1, 0.15) is 4.90 Å². The molecule has 1 saturated heterocycles. The fourth-order valence-electron chi connectivity index (χ4n) is 2.42. The zero-order valence-electron chi connectivity index (χ0n) is 12.4. The van der Waals surface area contributed by atoms with Gasteiger partial charge in [-0.15, -0.1) is 0 Å². The first-order valence-corrected chi connectivity index (χ1v) is 9.44. The predicted octanol–water partition coefficient (Wildman–Crippen LogP) is 3.21. The second-order valence-corrected chi connectivity index (χ2v) is 9.37. The minimum Gasteiger partial charge on any atom is -0.296 e. The molecule has 21 heavy (non-hydrogen) atoms. The van der Waals surface area contributed by atoms with Crippen LogP contribution in [0.25, 0.3) is 0 Å². The van der Waals surface area contributed by atoms with Crippen LogP contribution in [-0.4, -0.2) is 49.3 Å². The summed E-state index contributed by atoms with van der Waals surface area (Å²) in [5.74, 6) is 0. The number of hydrogen-bond acceptors (Lipinski definition) is 3. The third-order valence-electron chi connectivity index (χ3n) is 3.70. The molecule has 0 N–H and O–H groups in total. The summed E-state index contributed by atoms with van der Waals surface area (Å²) in [7, 11) is -3.52. The van der Waals surface area contributed by atoms with Crippen LogP contribution in [0.2, 0.25) is 5.02 Å². The molecule has 1 heterocycles. The van der Waals surface area contributed by atoms with Crippen molar-refractivity contribution in [3.8, 4) is 0 Å². The molecule has 0 amide bonds. The molecule has 0 bridgehead atoms. The van der Waals surface area contributed by atoms with Gasteiger partial charge in [-0.25, -0.2) is 8.42 Å². The van der Waals surface area contributed by atoms with Crippen LogP contribution >= 0.6 is 27.5 Å². The zero-order chi connectivity index (χ0) is 15.8. The lowest BCUT2D eigenvalue weighted by atomic mass is 10.1. The quantitative estimate of drug-likeness (QED) is 0.772. The number of sulfonamides is 1. The van der Waals surface area contributed by atoms with Crippen molar-refractivity contribution < 1.29 is 8.42 Å². The smallest absolute Gasteiger partial charge is 0.244 e. The van der Waals surface area contributed by atoms with E-state index in [1.165, 1.54) is 4.31 Å². The molecule has 118 valence electrons. The van der Waals surface area contributed by atoms with E-state index in [0.717, 1.165) is 17.6 Å². The zero-order valence-corrected chi connectivity index (χ0v) is 15.6. The number of hydrogen-bond donors (Lipinski definition) is 0. The van der Waals surface area contributed by atoms with E-state index in [-0.39, 0.29) is 15.5 Å². The lowest BCUT2D eigenvalue weighted by Gasteiger charge is -2.41. The molecule has 7 heteroatoms. The Labute approximate surface area is 140 Å². The van der Waals surface area contributed by atoms with Crippen LogP contribution in [0.3, 0.4) is 0 Å². The monoisotopic (exact) mass is 394 g/mol. The van der Waals surface area contributed by atoms with Crippen molar-refractivity contribution >= 4 is 37.6 Å². The molecule has 0 aliphatic carbocycles. The fraction of sp³-hybridized carbons (Fsp3) is 0.571. The Hall–Kier alpha value is -0.140. The summed E-state index contributed by atoms with van der Waals surface area (Å²) in [6.07, 6.45) is 0. The average Bonchev–Trinajstić information content (AvgIpc) is 2.37. The third kappa shape index (κ3) is 3.79. The lowest BCUT2D eigenvalue weighted by Crippen LogP contribution is -2.54. The molecule has 1 aromatic carbocycles. The lowest BCUT2D eigenvalue weighted by molar-refractivity contribution is 0.0922. The molecule has 1 fully saturated rings. The van der Waals surface area contributed by atoms with Crippen molar-refractivity contribution in [1.29, 1.82) is 0 Å². The minimum atomic E-state index is -3.52. The second kappa shape index (κ2) is 6.16. The van der Waals surface area contributed by atoms with Crippen LogP contribution < -0.4 is 0 Å². The van der Waals surface area contributed by atoms with Gasteiger partial charge in [0.15, 0.2) is 0 Å². The Morgan fingerprint density at radius 3 is 2.19 bits per heavy atom. The molecule has 0 spiro atoms. The highest BCUT2D eigenvalue weighted by atomic mass is 79.9. The maximum absolute atomic E-state index is 12.7. The maximum atomic E-state index is 12.7. The highest BCUT2D eigenvalue weighted by molar-refractivity contribution is 9.10. The number of piperazine rings is 1. The summed E-state index contributed by atoms with van der Waals surface area (Å²) >= 11 is 9.38. The number of halogens is 2. The largest absolute Gasteiger partial charge is 0.296 e. The maximum Gasteiger partial charge on any atom is 0.244 e. The number of rotatable bonds is 2. The molecule has 2 rings (SSSR count). The molecule has 4 nitrogen and oxygen atoms in total. The second-order valence-electron chi connectivity index (χ2n) is 6.14. The third-order valence-corrected chi connectivity index (χ3v) is 6.57. The van der Waals surface area contributed by atoms with E-state index in [1.54, 1.807) is 18.2 Å².